The molecule has 0 radical (unpaired) electrons. The van der Waals surface area contributed by atoms with Crippen molar-refractivity contribution in [3.8, 4) is 0 Å². The molecule has 0 aliphatic carbocycles. The van der Waals surface area contributed by atoms with Gasteiger partial charge in [-0.2, -0.15) is 0 Å². The normalized spacial score (nSPS) is 13.8. The van der Waals surface area contributed by atoms with Crippen molar-refractivity contribution in [2.75, 3.05) is 18.5 Å². The maximum absolute atomic E-state index is 10.3. The largest absolute Gasteiger partial charge is 0.389 e. The molecule has 0 bridgehead atoms. The summed E-state index contributed by atoms with van der Waals surface area (Å²) in [6, 6.07) is 17.2. The van der Waals surface area contributed by atoms with Gasteiger partial charge in [-0.3, -0.25) is 0 Å². The standard InChI is InChI=1S/C16H19ClN2O/c1-19(14-10-6-5-9-13(14)17)16(15(20)11-18)12-7-3-2-4-8-12/h2-10,15-16,20H,11,18H2,1H3/t15?,16-/m0/s1. The number of halogens is 1. The fourth-order valence-corrected chi connectivity index (χ4v) is 2.64. The molecular formula is C16H19ClN2O. The van der Waals surface area contributed by atoms with Gasteiger partial charge in [-0.25, -0.2) is 0 Å². The van der Waals surface area contributed by atoms with Crippen molar-refractivity contribution in [2.24, 2.45) is 5.73 Å². The summed E-state index contributed by atoms with van der Waals surface area (Å²) in [7, 11) is 1.91. The minimum absolute atomic E-state index is 0.189. The monoisotopic (exact) mass is 290 g/mol. The van der Waals surface area contributed by atoms with Gasteiger partial charge < -0.3 is 15.7 Å². The molecular weight excluding hydrogens is 272 g/mol. The molecule has 1 unspecified atom stereocenters. The second-order valence-corrected chi connectivity index (χ2v) is 5.13. The summed E-state index contributed by atoms with van der Waals surface area (Å²) in [5.41, 5.74) is 7.53. The van der Waals surface area contributed by atoms with Gasteiger partial charge in [-0.05, 0) is 17.7 Å². The lowest BCUT2D eigenvalue weighted by atomic mass is 9.99. The van der Waals surface area contributed by atoms with Crippen molar-refractivity contribution in [2.45, 2.75) is 12.1 Å². The van der Waals surface area contributed by atoms with Gasteiger partial charge in [0.05, 0.1) is 22.9 Å². The molecule has 4 heteroatoms. The molecule has 0 amide bonds. The molecule has 2 aromatic carbocycles. The van der Waals surface area contributed by atoms with Gasteiger partial charge in [-0.15, -0.1) is 0 Å². The zero-order valence-corrected chi connectivity index (χ0v) is 12.2. The van der Waals surface area contributed by atoms with E-state index in [-0.39, 0.29) is 12.6 Å². The molecule has 0 saturated carbocycles. The van der Waals surface area contributed by atoms with E-state index in [1.165, 1.54) is 0 Å². The van der Waals surface area contributed by atoms with Crippen LogP contribution in [-0.4, -0.2) is 24.8 Å². The van der Waals surface area contributed by atoms with E-state index in [9.17, 15) is 5.11 Å². The smallest absolute Gasteiger partial charge is 0.0907 e. The van der Waals surface area contributed by atoms with Gasteiger partial charge in [-0.1, -0.05) is 54.1 Å². The van der Waals surface area contributed by atoms with Crippen molar-refractivity contribution in [1.29, 1.82) is 0 Å². The van der Waals surface area contributed by atoms with Gasteiger partial charge in [0.25, 0.3) is 0 Å². The number of nitrogens with zero attached hydrogens (tertiary/aromatic N) is 1. The Balaban J connectivity index is 2.40. The lowest BCUT2D eigenvalue weighted by molar-refractivity contribution is 0.150. The minimum Gasteiger partial charge on any atom is -0.389 e. The van der Waals surface area contributed by atoms with Crippen LogP contribution in [0.25, 0.3) is 0 Å². The van der Waals surface area contributed by atoms with Crippen molar-refractivity contribution in [3.05, 3.63) is 65.2 Å². The number of benzene rings is 2. The predicted molar refractivity (Wildman–Crippen MR) is 84.1 cm³/mol. The lowest BCUT2D eigenvalue weighted by Gasteiger charge is -2.34. The zero-order chi connectivity index (χ0) is 14.5. The van der Waals surface area contributed by atoms with E-state index in [1.807, 2.05) is 66.5 Å². The fourth-order valence-electron chi connectivity index (χ4n) is 2.37. The third-order valence-corrected chi connectivity index (χ3v) is 3.72. The predicted octanol–water partition coefficient (Wildman–Crippen LogP) is 2.84. The van der Waals surface area contributed by atoms with Crippen molar-refractivity contribution < 1.29 is 5.11 Å². The molecule has 0 aliphatic heterocycles. The Kier molecular flexibility index (Phi) is 5.01. The summed E-state index contributed by atoms with van der Waals surface area (Å²) in [5.74, 6) is 0. The van der Waals surface area contributed by atoms with Gasteiger partial charge in [0.2, 0.25) is 0 Å². The minimum atomic E-state index is -0.668. The number of hydrogen-bond donors (Lipinski definition) is 2. The van der Waals surface area contributed by atoms with Crippen LogP contribution in [-0.2, 0) is 0 Å². The maximum atomic E-state index is 10.3. The van der Waals surface area contributed by atoms with Crippen LogP contribution in [0.3, 0.4) is 0 Å². The highest BCUT2D eigenvalue weighted by atomic mass is 35.5. The lowest BCUT2D eigenvalue weighted by Crippen LogP contribution is -2.38. The Morgan fingerprint density at radius 2 is 1.70 bits per heavy atom. The molecule has 2 rings (SSSR count). The van der Waals surface area contributed by atoms with Crippen LogP contribution in [0.2, 0.25) is 5.02 Å². The van der Waals surface area contributed by atoms with Crippen LogP contribution in [0.4, 0.5) is 5.69 Å². The van der Waals surface area contributed by atoms with Gasteiger partial charge in [0.15, 0.2) is 0 Å². The number of hydrogen-bond acceptors (Lipinski definition) is 3. The molecule has 0 aromatic heterocycles. The van der Waals surface area contributed by atoms with Crippen molar-refractivity contribution in [3.63, 3.8) is 0 Å². The van der Waals surface area contributed by atoms with Crippen LogP contribution in [0.15, 0.2) is 54.6 Å². The van der Waals surface area contributed by atoms with E-state index < -0.39 is 6.10 Å². The molecule has 20 heavy (non-hydrogen) atoms. The first-order chi connectivity index (χ1) is 9.65. The Labute approximate surface area is 124 Å². The van der Waals surface area contributed by atoms with E-state index in [2.05, 4.69) is 0 Å². The highest BCUT2D eigenvalue weighted by Gasteiger charge is 2.25. The van der Waals surface area contributed by atoms with E-state index in [1.54, 1.807) is 0 Å². The van der Waals surface area contributed by atoms with E-state index >= 15 is 0 Å². The summed E-state index contributed by atoms with van der Waals surface area (Å²) in [5, 5.41) is 10.9. The molecule has 0 heterocycles. The second kappa shape index (κ2) is 6.75. The molecule has 0 fully saturated rings. The summed E-state index contributed by atoms with van der Waals surface area (Å²) >= 11 is 6.24. The van der Waals surface area contributed by atoms with E-state index in [0.717, 1.165) is 11.3 Å². The quantitative estimate of drug-likeness (QED) is 0.890. The number of para-hydroxylation sites is 1. The Morgan fingerprint density at radius 1 is 1.10 bits per heavy atom. The summed E-state index contributed by atoms with van der Waals surface area (Å²) in [6.45, 7) is 0.189. The fraction of sp³-hybridized carbons (Fsp3) is 0.250. The average molecular weight is 291 g/mol. The molecule has 0 spiro atoms. The molecule has 3 nitrogen and oxygen atoms in total. The maximum Gasteiger partial charge on any atom is 0.0907 e. The number of likely N-dealkylation sites (N-methyl/N-ethyl adjacent to an activating group) is 1. The first-order valence-electron chi connectivity index (χ1n) is 6.55. The summed E-state index contributed by atoms with van der Waals surface area (Å²) in [6.07, 6.45) is -0.668. The number of rotatable bonds is 5. The van der Waals surface area contributed by atoms with Gasteiger partial charge in [0.1, 0.15) is 0 Å². The third-order valence-electron chi connectivity index (χ3n) is 3.40. The van der Waals surface area contributed by atoms with Crippen LogP contribution in [0.1, 0.15) is 11.6 Å². The van der Waals surface area contributed by atoms with Gasteiger partial charge in [0, 0.05) is 13.6 Å². The first kappa shape index (κ1) is 14.9. The van der Waals surface area contributed by atoms with E-state index in [4.69, 9.17) is 17.3 Å². The highest BCUT2D eigenvalue weighted by Crippen LogP contribution is 2.32. The Hall–Kier alpha value is -1.55. The number of nitrogens with two attached hydrogens (primary N) is 1. The Morgan fingerprint density at radius 3 is 2.30 bits per heavy atom. The van der Waals surface area contributed by atoms with Crippen LogP contribution in [0, 0.1) is 0 Å². The highest BCUT2D eigenvalue weighted by molar-refractivity contribution is 6.33. The number of aliphatic hydroxyl groups is 1. The molecule has 2 aromatic rings. The van der Waals surface area contributed by atoms with Crippen LogP contribution >= 0.6 is 11.6 Å². The molecule has 0 saturated heterocycles. The average Bonchev–Trinajstić information content (AvgIpc) is 2.48. The first-order valence-corrected chi connectivity index (χ1v) is 6.93. The van der Waals surface area contributed by atoms with Crippen molar-refractivity contribution in [1.82, 2.24) is 0 Å². The summed E-state index contributed by atoms with van der Waals surface area (Å²) < 4.78 is 0. The van der Waals surface area contributed by atoms with Crippen LogP contribution < -0.4 is 10.6 Å². The molecule has 106 valence electrons. The van der Waals surface area contributed by atoms with Crippen LogP contribution in [0.5, 0.6) is 0 Å². The van der Waals surface area contributed by atoms with E-state index in [0.29, 0.717) is 5.02 Å². The zero-order valence-electron chi connectivity index (χ0n) is 11.4. The SMILES string of the molecule is CN(c1ccccc1Cl)[C@@H](c1ccccc1)C(O)CN. The topological polar surface area (TPSA) is 49.5 Å². The third kappa shape index (κ3) is 3.12. The van der Waals surface area contributed by atoms with Crippen molar-refractivity contribution >= 4 is 17.3 Å². The molecule has 2 atom stereocenters. The number of anilines is 1. The number of aliphatic hydroxyl groups excluding tert-OH is 1. The second-order valence-electron chi connectivity index (χ2n) is 4.72. The molecule has 0 aliphatic rings. The molecule has 3 N–H and O–H groups in total. The summed E-state index contributed by atoms with van der Waals surface area (Å²) in [4.78, 5) is 1.97. The Bertz CT molecular complexity index is 547. The van der Waals surface area contributed by atoms with Gasteiger partial charge >= 0.3 is 0 Å².